The zero-order valence-electron chi connectivity index (χ0n) is 17.7. The van der Waals surface area contributed by atoms with Crippen LogP contribution in [0.1, 0.15) is 43.7 Å². The summed E-state index contributed by atoms with van der Waals surface area (Å²) in [4.78, 5) is 28.7. The summed E-state index contributed by atoms with van der Waals surface area (Å²) in [7, 11) is 0. The molecule has 0 saturated carbocycles. The Labute approximate surface area is 173 Å². The van der Waals surface area contributed by atoms with Crippen LogP contribution in [0.2, 0.25) is 0 Å². The van der Waals surface area contributed by atoms with Gasteiger partial charge in [-0.25, -0.2) is 0 Å². The number of rotatable bonds is 6. The molecule has 0 atom stereocenters. The van der Waals surface area contributed by atoms with Crippen molar-refractivity contribution in [3.05, 3.63) is 53.6 Å². The molecule has 1 fully saturated rings. The first kappa shape index (κ1) is 20.9. The number of hydrogen-bond acceptors (Lipinski definition) is 3. The maximum absolute atomic E-state index is 12.4. The van der Waals surface area contributed by atoms with Crippen LogP contribution in [0, 0.1) is 13.8 Å². The van der Waals surface area contributed by atoms with E-state index in [1.807, 2.05) is 44.2 Å². The van der Waals surface area contributed by atoms with E-state index in [1.165, 1.54) is 24.9 Å². The number of carbonyl (C=O) groups is 2. The zero-order valence-corrected chi connectivity index (χ0v) is 17.7. The minimum absolute atomic E-state index is 0.0599. The summed E-state index contributed by atoms with van der Waals surface area (Å²) in [5.41, 5.74) is 4.99. The van der Waals surface area contributed by atoms with Crippen molar-refractivity contribution < 1.29 is 9.59 Å². The van der Waals surface area contributed by atoms with Crippen LogP contribution in [-0.2, 0) is 9.59 Å². The summed E-state index contributed by atoms with van der Waals surface area (Å²) < 4.78 is 0. The van der Waals surface area contributed by atoms with Gasteiger partial charge in [-0.3, -0.25) is 9.59 Å². The van der Waals surface area contributed by atoms with Gasteiger partial charge in [0.2, 0.25) is 11.8 Å². The normalized spacial score (nSPS) is 13.8. The standard InChI is InChI=1S/C24H31N3O2/c1-18-7-8-19(2)23(17-18)25-24(29)13-16-27(20(3)28)22-11-9-21(10-12-22)26-14-5-4-6-15-26/h7-12,17H,4-6,13-16H2,1-3H3,(H,25,29). The third-order valence-corrected chi connectivity index (χ3v) is 5.49. The third-order valence-electron chi connectivity index (χ3n) is 5.49. The van der Waals surface area contributed by atoms with E-state index in [4.69, 9.17) is 0 Å². The number of carbonyl (C=O) groups excluding carboxylic acids is 2. The predicted molar refractivity (Wildman–Crippen MR) is 120 cm³/mol. The third kappa shape index (κ3) is 5.59. The molecule has 5 nitrogen and oxygen atoms in total. The van der Waals surface area contributed by atoms with Crippen molar-refractivity contribution in [2.45, 2.75) is 46.5 Å². The number of amides is 2. The monoisotopic (exact) mass is 393 g/mol. The lowest BCUT2D eigenvalue weighted by Gasteiger charge is -2.29. The van der Waals surface area contributed by atoms with Crippen LogP contribution in [0.25, 0.3) is 0 Å². The van der Waals surface area contributed by atoms with Gasteiger partial charge in [0.1, 0.15) is 0 Å². The number of nitrogens with zero attached hydrogens (tertiary/aromatic N) is 2. The van der Waals surface area contributed by atoms with Crippen molar-refractivity contribution in [1.29, 1.82) is 0 Å². The van der Waals surface area contributed by atoms with Crippen LogP contribution in [0.3, 0.4) is 0 Å². The molecule has 0 spiro atoms. The van der Waals surface area contributed by atoms with Crippen LogP contribution < -0.4 is 15.1 Å². The van der Waals surface area contributed by atoms with Gasteiger partial charge in [0.15, 0.2) is 0 Å². The fraction of sp³-hybridized carbons (Fsp3) is 0.417. The zero-order chi connectivity index (χ0) is 20.8. The smallest absolute Gasteiger partial charge is 0.226 e. The molecule has 154 valence electrons. The number of nitrogens with one attached hydrogen (secondary N) is 1. The molecule has 1 aliphatic heterocycles. The molecule has 0 aliphatic carbocycles. The minimum Gasteiger partial charge on any atom is -0.372 e. The molecule has 0 bridgehead atoms. The molecular weight excluding hydrogens is 362 g/mol. The van der Waals surface area contributed by atoms with Gasteiger partial charge in [-0.2, -0.15) is 0 Å². The summed E-state index contributed by atoms with van der Waals surface area (Å²) in [6.45, 7) is 8.06. The molecule has 0 unspecified atom stereocenters. The van der Waals surface area contributed by atoms with E-state index in [0.717, 1.165) is 35.6 Å². The quantitative estimate of drug-likeness (QED) is 0.776. The van der Waals surface area contributed by atoms with Crippen molar-refractivity contribution in [3.8, 4) is 0 Å². The average Bonchev–Trinajstić information content (AvgIpc) is 2.72. The highest BCUT2D eigenvalue weighted by Gasteiger charge is 2.16. The SMILES string of the molecule is CC(=O)N(CCC(=O)Nc1cc(C)ccc1C)c1ccc(N2CCCCC2)cc1. The van der Waals surface area contributed by atoms with Crippen LogP contribution in [-0.4, -0.2) is 31.4 Å². The summed E-state index contributed by atoms with van der Waals surface area (Å²) >= 11 is 0. The number of aryl methyl sites for hydroxylation is 2. The fourth-order valence-corrected chi connectivity index (χ4v) is 3.76. The minimum atomic E-state index is -0.0881. The molecule has 1 aliphatic rings. The molecule has 1 saturated heterocycles. The second-order valence-electron chi connectivity index (χ2n) is 7.85. The van der Waals surface area contributed by atoms with E-state index < -0.39 is 0 Å². The first-order chi connectivity index (χ1) is 13.9. The van der Waals surface area contributed by atoms with E-state index in [0.29, 0.717) is 6.54 Å². The Kier molecular flexibility index (Phi) is 6.91. The van der Waals surface area contributed by atoms with E-state index in [1.54, 1.807) is 11.8 Å². The van der Waals surface area contributed by atoms with Gasteiger partial charge in [0.05, 0.1) is 0 Å². The fourth-order valence-electron chi connectivity index (χ4n) is 3.76. The predicted octanol–water partition coefficient (Wildman–Crippen LogP) is 4.68. The molecule has 0 aromatic heterocycles. The van der Waals surface area contributed by atoms with Gasteiger partial charge in [0.25, 0.3) is 0 Å². The number of benzene rings is 2. The molecule has 29 heavy (non-hydrogen) atoms. The van der Waals surface area contributed by atoms with Gasteiger partial charge in [-0.05, 0) is 74.6 Å². The summed E-state index contributed by atoms with van der Waals surface area (Å²) in [6, 6.07) is 14.1. The Bertz CT molecular complexity index is 855. The second-order valence-corrected chi connectivity index (χ2v) is 7.85. The van der Waals surface area contributed by atoms with Crippen molar-refractivity contribution in [1.82, 2.24) is 0 Å². The summed E-state index contributed by atoms with van der Waals surface area (Å²) in [5.74, 6) is -0.148. The Morgan fingerprint density at radius 3 is 2.34 bits per heavy atom. The number of piperidine rings is 1. The molecule has 1 N–H and O–H groups in total. The molecule has 2 aromatic rings. The van der Waals surface area contributed by atoms with Crippen LogP contribution >= 0.6 is 0 Å². The van der Waals surface area contributed by atoms with Crippen LogP contribution in [0.5, 0.6) is 0 Å². The number of anilines is 3. The van der Waals surface area contributed by atoms with Crippen molar-refractivity contribution in [2.75, 3.05) is 34.8 Å². The van der Waals surface area contributed by atoms with Crippen molar-refractivity contribution in [2.24, 2.45) is 0 Å². The van der Waals surface area contributed by atoms with Crippen LogP contribution in [0.4, 0.5) is 17.1 Å². The first-order valence-electron chi connectivity index (χ1n) is 10.4. The molecular formula is C24H31N3O2. The van der Waals surface area contributed by atoms with Crippen molar-refractivity contribution in [3.63, 3.8) is 0 Å². The van der Waals surface area contributed by atoms with Gasteiger partial charge in [0, 0.05) is 50.0 Å². The lowest BCUT2D eigenvalue weighted by atomic mass is 10.1. The molecule has 2 aromatic carbocycles. The Morgan fingerprint density at radius 2 is 1.69 bits per heavy atom. The topological polar surface area (TPSA) is 52.7 Å². The van der Waals surface area contributed by atoms with E-state index in [2.05, 4.69) is 22.3 Å². The highest BCUT2D eigenvalue weighted by atomic mass is 16.2. The molecule has 3 rings (SSSR count). The lowest BCUT2D eigenvalue weighted by Crippen LogP contribution is -2.32. The lowest BCUT2D eigenvalue weighted by molar-refractivity contribution is -0.117. The maximum atomic E-state index is 12.4. The Balaban J connectivity index is 1.61. The largest absolute Gasteiger partial charge is 0.372 e. The van der Waals surface area contributed by atoms with Crippen molar-refractivity contribution >= 4 is 28.9 Å². The van der Waals surface area contributed by atoms with E-state index in [9.17, 15) is 9.59 Å². The Hall–Kier alpha value is -2.82. The number of hydrogen-bond donors (Lipinski definition) is 1. The van der Waals surface area contributed by atoms with Crippen LogP contribution in [0.15, 0.2) is 42.5 Å². The molecule has 1 heterocycles. The van der Waals surface area contributed by atoms with Gasteiger partial charge < -0.3 is 15.1 Å². The van der Waals surface area contributed by atoms with Gasteiger partial charge >= 0.3 is 0 Å². The summed E-state index contributed by atoms with van der Waals surface area (Å²) in [5, 5.41) is 2.97. The van der Waals surface area contributed by atoms with Gasteiger partial charge in [-0.1, -0.05) is 12.1 Å². The van der Waals surface area contributed by atoms with E-state index in [-0.39, 0.29) is 18.2 Å². The second kappa shape index (κ2) is 9.59. The average molecular weight is 394 g/mol. The van der Waals surface area contributed by atoms with Gasteiger partial charge in [-0.15, -0.1) is 0 Å². The molecule has 0 radical (unpaired) electrons. The summed E-state index contributed by atoms with van der Waals surface area (Å²) in [6.07, 6.45) is 4.02. The molecule has 5 heteroatoms. The maximum Gasteiger partial charge on any atom is 0.226 e. The Morgan fingerprint density at radius 1 is 1.00 bits per heavy atom. The highest BCUT2D eigenvalue weighted by molar-refractivity contribution is 5.95. The highest BCUT2D eigenvalue weighted by Crippen LogP contribution is 2.24. The van der Waals surface area contributed by atoms with E-state index >= 15 is 0 Å². The first-order valence-corrected chi connectivity index (χ1v) is 10.4. The molecule has 2 amide bonds.